The Bertz CT molecular complexity index is 892. The summed E-state index contributed by atoms with van der Waals surface area (Å²) in [7, 11) is 1.67. The second-order valence-corrected chi connectivity index (χ2v) is 4.54. The standard InChI is InChI=1S/C16H12N2O2/c1-19-13-7-3-8-14-15(13)11-5-2-6-12(16(11)20-14)18-10-4-9-17-18/h2-10H,1H3. The summed E-state index contributed by atoms with van der Waals surface area (Å²) in [6, 6.07) is 13.7. The normalized spacial score (nSPS) is 11.2. The van der Waals surface area contributed by atoms with Crippen LogP contribution in [0.15, 0.2) is 59.3 Å². The predicted molar refractivity (Wildman–Crippen MR) is 77.4 cm³/mol. The molecule has 0 atom stereocenters. The summed E-state index contributed by atoms with van der Waals surface area (Å²) in [4.78, 5) is 0. The molecule has 4 aromatic rings. The first-order chi connectivity index (χ1) is 9.88. The number of nitrogens with zero attached hydrogens (tertiary/aromatic N) is 2. The molecule has 2 aromatic carbocycles. The largest absolute Gasteiger partial charge is 0.496 e. The van der Waals surface area contributed by atoms with Crippen molar-refractivity contribution in [3.05, 3.63) is 54.9 Å². The van der Waals surface area contributed by atoms with E-state index in [2.05, 4.69) is 5.10 Å². The number of aromatic nitrogens is 2. The Hall–Kier alpha value is -2.75. The summed E-state index contributed by atoms with van der Waals surface area (Å²) < 4.78 is 13.3. The van der Waals surface area contributed by atoms with E-state index in [1.165, 1.54) is 0 Å². The molecule has 0 unspecified atom stereocenters. The van der Waals surface area contributed by atoms with E-state index >= 15 is 0 Å². The Kier molecular flexibility index (Phi) is 2.29. The van der Waals surface area contributed by atoms with Crippen LogP contribution in [0.25, 0.3) is 27.6 Å². The van der Waals surface area contributed by atoms with Gasteiger partial charge in [-0.25, -0.2) is 4.68 Å². The highest BCUT2D eigenvalue weighted by molar-refractivity contribution is 6.10. The minimum Gasteiger partial charge on any atom is -0.496 e. The summed E-state index contributed by atoms with van der Waals surface area (Å²) in [5.41, 5.74) is 2.56. The Labute approximate surface area is 115 Å². The number of hydrogen-bond acceptors (Lipinski definition) is 3. The Morgan fingerprint density at radius 2 is 2.00 bits per heavy atom. The summed E-state index contributed by atoms with van der Waals surface area (Å²) in [5, 5.41) is 6.31. The van der Waals surface area contributed by atoms with Gasteiger partial charge in [0, 0.05) is 17.8 Å². The Morgan fingerprint density at radius 1 is 1.10 bits per heavy atom. The quantitative estimate of drug-likeness (QED) is 0.553. The second kappa shape index (κ2) is 4.13. The number of ether oxygens (including phenoxy) is 1. The molecule has 0 bridgehead atoms. The third kappa shape index (κ3) is 1.45. The molecule has 2 aromatic heterocycles. The van der Waals surface area contributed by atoms with Crippen LogP contribution in [0.2, 0.25) is 0 Å². The van der Waals surface area contributed by atoms with Crippen molar-refractivity contribution in [2.75, 3.05) is 7.11 Å². The molecule has 0 saturated carbocycles. The highest BCUT2D eigenvalue weighted by atomic mass is 16.5. The van der Waals surface area contributed by atoms with Crippen LogP contribution in [0.5, 0.6) is 5.75 Å². The van der Waals surface area contributed by atoms with Crippen molar-refractivity contribution in [1.82, 2.24) is 9.78 Å². The van der Waals surface area contributed by atoms with Crippen LogP contribution >= 0.6 is 0 Å². The molecular weight excluding hydrogens is 252 g/mol. The lowest BCUT2D eigenvalue weighted by atomic mass is 10.1. The molecular formula is C16H12N2O2. The predicted octanol–water partition coefficient (Wildman–Crippen LogP) is 3.78. The first-order valence-electron chi connectivity index (χ1n) is 6.37. The van der Waals surface area contributed by atoms with Gasteiger partial charge in [0.1, 0.15) is 17.0 Å². The zero-order valence-corrected chi connectivity index (χ0v) is 10.9. The van der Waals surface area contributed by atoms with Crippen molar-refractivity contribution in [2.45, 2.75) is 0 Å². The number of furan rings is 1. The lowest BCUT2D eigenvalue weighted by molar-refractivity contribution is 0.420. The van der Waals surface area contributed by atoms with E-state index in [9.17, 15) is 0 Å². The van der Waals surface area contributed by atoms with Crippen LogP contribution < -0.4 is 4.74 Å². The van der Waals surface area contributed by atoms with Crippen molar-refractivity contribution in [3.8, 4) is 11.4 Å². The molecule has 4 heteroatoms. The van der Waals surface area contributed by atoms with Gasteiger partial charge in [-0.15, -0.1) is 0 Å². The Morgan fingerprint density at radius 3 is 2.80 bits per heavy atom. The van der Waals surface area contributed by atoms with Gasteiger partial charge in [-0.3, -0.25) is 0 Å². The summed E-state index contributed by atoms with van der Waals surface area (Å²) >= 11 is 0. The van der Waals surface area contributed by atoms with Gasteiger partial charge >= 0.3 is 0 Å². The van der Waals surface area contributed by atoms with Crippen LogP contribution in [0.4, 0.5) is 0 Å². The fraction of sp³-hybridized carbons (Fsp3) is 0.0625. The molecule has 0 N–H and O–H groups in total. The van der Waals surface area contributed by atoms with Gasteiger partial charge in [-0.05, 0) is 24.3 Å². The van der Waals surface area contributed by atoms with E-state index in [0.717, 1.165) is 33.4 Å². The average Bonchev–Trinajstić information content (AvgIpc) is 3.13. The zero-order chi connectivity index (χ0) is 13.5. The number of rotatable bonds is 2. The molecule has 20 heavy (non-hydrogen) atoms. The van der Waals surface area contributed by atoms with E-state index < -0.39 is 0 Å². The van der Waals surface area contributed by atoms with Crippen molar-refractivity contribution >= 4 is 21.9 Å². The van der Waals surface area contributed by atoms with E-state index in [0.29, 0.717) is 0 Å². The smallest absolute Gasteiger partial charge is 0.161 e. The number of benzene rings is 2. The molecule has 0 aliphatic rings. The van der Waals surface area contributed by atoms with Gasteiger partial charge < -0.3 is 9.15 Å². The number of methoxy groups -OCH3 is 1. The van der Waals surface area contributed by atoms with E-state index in [1.807, 2.05) is 48.7 Å². The first kappa shape index (κ1) is 11.1. The topological polar surface area (TPSA) is 40.2 Å². The van der Waals surface area contributed by atoms with Gasteiger partial charge in [0.05, 0.1) is 12.5 Å². The third-order valence-electron chi connectivity index (χ3n) is 3.43. The van der Waals surface area contributed by atoms with Crippen LogP contribution in [0.1, 0.15) is 0 Å². The van der Waals surface area contributed by atoms with Gasteiger partial charge in [-0.1, -0.05) is 18.2 Å². The Balaban J connectivity index is 2.15. The van der Waals surface area contributed by atoms with Crippen molar-refractivity contribution < 1.29 is 9.15 Å². The minimum atomic E-state index is 0.815. The SMILES string of the molecule is COc1cccc2oc3c(-n4cccn4)cccc3c12. The highest BCUT2D eigenvalue weighted by Crippen LogP contribution is 2.37. The van der Waals surface area contributed by atoms with Crippen LogP contribution in [0.3, 0.4) is 0 Å². The zero-order valence-electron chi connectivity index (χ0n) is 10.9. The number of fused-ring (bicyclic) bond motifs is 3. The lowest BCUT2D eigenvalue weighted by Crippen LogP contribution is -1.93. The molecule has 0 aliphatic heterocycles. The molecule has 4 rings (SSSR count). The molecule has 0 amide bonds. The van der Waals surface area contributed by atoms with E-state index in [1.54, 1.807) is 18.0 Å². The summed E-state index contributed by atoms with van der Waals surface area (Å²) in [6.45, 7) is 0. The fourth-order valence-corrected chi connectivity index (χ4v) is 2.56. The number of hydrogen-bond donors (Lipinski definition) is 0. The van der Waals surface area contributed by atoms with Crippen LogP contribution in [-0.4, -0.2) is 16.9 Å². The molecule has 4 nitrogen and oxygen atoms in total. The maximum atomic E-state index is 6.01. The molecule has 0 fully saturated rings. The maximum absolute atomic E-state index is 6.01. The van der Waals surface area contributed by atoms with Gasteiger partial charge in [-0.2, -0.15) is 5.10 Å². The molecule has 0 aliphatic carbocycles. The average molecular weight is 264 g/mol. The third-order valence-corrected chi connectivity index (χ3v) is 3.43. The van der Waals surface area contributed by atoms with E-state index in [4.69, 9.17) is 9.15 Å². The van der Waals surface area contributed by atoms with Crippen molar-refractivity contribution in [1.29, 1.82) is 0 Å². The fourth-order valence-electron chi connectivity index (χ4n) is 2.56. The van der Waals surface area contributed by atoms with Gasteiger partial charge in [0.15, 0.2) is 5.58 Å². The summed E-state index contributed by atoms with van der Waals surface area (Å²) in [5.74, 6) is 0.818. The maximum Gasteiger partial charge on any atom is 0.161 e. The van der Waals surface area contributed by atoms with Crippen molar-refractivity contribution in [3.63, 3.8) is 0 Å². The van der Waals surface area contributed by atoms with E-state index in [-0.39, 0.29) is 0 Å². The highest BCUT2D eigenvalue weighted by Gasteiger charge is 2.14. The summed E-state index contributed by atoms with van der Waals surface area (Å²) in [6.07, 6.45) is 3.65. The second-order valence-electron chi connectivity index (χ2n) is 4.54. The monoisotopic (exact) mass is 264 g/mol. The molecule has 2 heterocycles. The van der Waals surface area contributed by atoms with Crippen LogP contribution in [-0.2, 0) is 0 Å². The molecule has 0 spiro atoms. The first-order valence-corrected chi connectivity index (χ1v) is 6.37. The molecule has 98 valence electrons. The lowest BCUT2D eigenvalue weighted by Gasteiger charge is -2.02. The minimum absolute atomic E-state index is 0.815. The van der Waals surface area contributed by atoms with Gasteiger partial charge in [0.2, 0.25) is 0 Å². The molecule has 0 saturated heterocycles. The van der Waals surface area contributed by atoms with Gasteiger partial charge in [0.25, 0.3) is 0 Å². The van der Waals surface area contributed by atoms with Crippen LogP contribution in [0, 0.1) is 0 Å². The van der Waals surface area contributed by atoms with Crippen molar-refractivity contribution in [2.24, 2.45) is 0 Å². The molecule has 0 radical (unpaired) electrons. The number of para-hydroxylation sites is 1.